The highest BCUT2D eigenvalue weighted by atomic mass is 16.2. The van der Waals surface area contributed by atoms with Crippen LogP contribution in [0.15, 0.2) is 54.5 Å². The predicted molar refractivity (Wildman–Crippen MR) is 122 cm³/mol. The van der Waals surface area contributed by atoms with E-state index in [1.54, 1.807) is 6.20 Å². The van der Waals surface area contributed by atoms with Gasteiger partial charge in [0.2, 0.25) is 5.91 Å². The number of aromatic nitrogens is 1. The van der Waals surface area contributed by atoms with Crippen LogP contribution in [-0.4, -0.2) is 52.9 Å². The monoisotopic (exact) mass is 405 g/mol. The van der Waals surface area contributed by atoms with E-state index in [2.05, 4.69) is 40.4 Å². The molecule has 2 aliphatic rings. The number of nitrogens with zero attached hydrogens (tertiary/aromatic N) is 2. The zero-order valence-corrected chi connectivity index (χ0v) is 17.8. The second kappa shape index (κ2) is 8.40. The fourth-order valence-corrected chi connectivity index (χ4v) is 4.94. The van der Waals surface area contributed by atoms with Crippen LogP contribution in [-0.2, 0) is 11.2 Å². The van der Waals surface area contributed by atoms with Crippen molar-refractivity contribution < 1.29 is 4.79 Å². The molecule has 2 heterocycles. The Morgan fingerprint density at radius 2 is 2.10 bits per heavy atom. The van der Waals surface area contributed by atoms with Crippen molar-refractivity contribution in [1.82, 2.24) is 14.8 Å². The van der Waals surface area contributed by atoms with Gasteiger partial charge in [0.25, 0.3) is 0 Å². The van der Waals surface area contributed by atoms with Crippen LogP contribution >= 0.6 is 0 Å². The average molecular weight is 406 g/mol. The lowest BCUT2D eigenvalue weighted by molar-refractivity contribution is -0.134. The third kappa shape index (κ3) is 3.41. The Morgan fingerprint density at radius 3 is 2.80 bits per heavy atom. The van der Waals surface area contributed by atoms with E-state index in [9.17, 15) is 4.79 Å². The van der Waals surface area contributed by atoms with Gasteiger partial charge in [-0.25, -0.2) is 0 Å². The zero-order chi connectivity index (χ0) is 21.3. The third-order valence-electron chi connectivity index (χ3n) is 6.43. The Bertz CT molecular complexity index is 1030. The first-order chi connectivity index (χ1) is 14.6. The number of amides is 1. The Morgan fingerprint density at radius 1 is 1.30 bits per heavy atom. The molecule has 0 spiro atoms. The molecule has 2 unspecified atom stereocenters. The molecule has 2 aromatic rings. The van der Waals surface area contributed by atoms with E-state index in [1.807, 2.05) is 24.8 Å². The van der Waals surface area contributed by atoms with Gasteiger partial charge in [0.05, 0.1) is 5.92 Å². The zero-order valence-electron chi connectivity index (χ0n) is 17.8. The maximum atomic E-state index is 13.3. The number of hydrogen-bond acceptors (Lipinski definition) is 4. The van der Waals surface area contributed by atoms with E-state index in [-0.39, 0.29) is 17.9 Å². The highest BCUT2D eigenvalue weighted by Crippen LogP contribution is 2.41. The summed E-state index contributed by atoms with van der Waals surface area (Å²) in [5.74, 6) is 0.0171. The first-order valence-corrected chi connectivity index (χ1v) is 10.7. The van der Waals surface area contributed by atoms with Gasteiger partial charge in [-0.2, -0.15) is 0 Å². The third-order valence-corrected chi connectivity index (χ3v) is 6.43. The van der Waals surface area contributed by atoms with Crippen molar-refractivity contribution in [3.05, 3.63) is 65.6 Å². The first kappa shape index (κ1) is 20.3. The highest BCUT2D eigenvalue weighted by molar-refractivity contribution is 5.99. The number of nitrogens with two attached hydrogens (primary N) is 2. The highest BCUT2D eigenvalue weighted by Gasteiger charge is 2.38. The number of fused-ring (bicyclic) bond motifs is 2. The van der Waals surface area contributed by atoms with Crippen molar-refractivity contribution in [2.75, 3.05) is 26.2 Å². The van der Waals surface area contributed by atoms with Crippen LogP contribution in [0.2, 0.25) is 0 Å². The summed E-state index contributed by atoms with van der Waals surface area (Å²) in [4.78, 5) is 21.0. The Balaban J connectivity index is 1.79. The van der Waals surface area contributed by atoms with E-state index >= 15 is 0 Å². The molecule has 1 aliphatic carbocycles. The van der Waals surface area contributed by atoms with Crippen molar-refractivity contribution in [2.45, 2.75) is 26.3 Å². The molecule has 0 radical (unpaired) electrons. The summed E-state index contributed by atoms with van der Waals surface area (Å²) < 4.78 is 0. The number of rotatable bonds is 6. The molecule has 1 aromatic heterocycles. The largest absolute Gasteiger partial charge is 0.405 e. The summed E-state index contributed by atoms with van der Waals surface area (Å²) in [6, 6.07) is 6.59. The van der Waals surface area contributed by atoms with Crippen molar-refractivity contribution >= 4 is 22.4 Å². The normalized spacial score (nSPS) is 21.7. The molecule has 1 amide bonds. The van der Waals surface area contributed by atoms with E-state index in [1.165, 1.54) is 28.3 Å². The number of H-pyrrole nitrogens is 1. The minimum absolute atomic E-state index is 0.173. The molecule has 1 aromatic carbocycles. The lowest BCUT2D eigenvalue weighted by atomic mass is 9.79. The van der Waals surface area contributed by atoms with E-state index in [0.29, 0.717) is 13.1 Å². The van der Waals surface area contributed by atoms with Crippen LogP contribution in [0.3, 0.4) is 0 Å². The SMILES string of the molecule is CCN(CC)C(=O)C1C=C2c3cccc4[nH]cc(c34)CC2N(CC(/C=C\N)=C/N)C1. The maximum Gasteiger partial charge on any atom is 0.230 e. The Kier molecular flexibility index (Phi) is 5.68. The van der Waals surface area contributed by atoms with Crippen LogP contribution in [0.5, 0.6) is 0 Å². The molecule has 6 nitrogen and oxygen atoms in total. The summed E-state index contributed by atoms with van der Waals surface area (Å²) >= 11 is 0. The van der Waals surface area contributed by atoms with Gasteiger partial charge in [-0.3, -0.25) is 9.69 Å². The summed E-state index contributed by atoms with van der Waals surface area (Å²) in [6.45, 7) is 6.85. The molecule has 0 fully saturated rings. The smallest absolute Gasteiger partial charge is 0.230 e. The number of hydrogen-bond donors (Lipinski definition) is 3. The van der Waals surface area contributed by atoms with Gasteiger partial charge >= 0.3 is 0 Å². The van der Waals surface area contributed by atoms with Gasteiger partial charge in [-0.15, -0.1) is 0 Å². The van der Waals surface area contributed by atoms with Crippen molar-refractivity contribution in [2.24, 2.45) is 17.4 Å². The molecule has 30 heavy (non-hydrogen) atoms. The summed E-state index contributed by atoms with van der Waals surface area (Å²) in [5.41, 5.74) is 17.4. The van der Waals surface area contributed by atoms with Crippen LogP contribution < -0.4 is 11.5 Å². The minimum atomic E-state index is -0.173. The first-order valence-electron chi connectivity index (χ1n) is 10.7. The van der Waals surface area contributed by atoms with Gasteiger partial charge in [0.15, 0.2) is 0 Å². The molecule has 4 rings (SSSR count). The second-order valence-corrected chi connectivity index (χ2v) is 8.03. The molecule has 6 heteroatoms. The minimum Gasteiger partial charge on any atom is -0.405 e. The summed E-state index contributed by atoms with van der Waals surface area (Å²) in [7, 11) is 0. The molecule has 0 saturated heterocycles. The molecule has 1 aliphatic heterocycles. The predicted octanol–water partition coefficient (Wildman–Crippen LogP) is 2.59. The number of carbonyl (C=O) groups is 1. The molecule has 5 N–H and O–H groups in total. The Hall–Kier alpha value is -2.99. The summed E-state index contributed by atoms with van der Waals surface area (Å²) in [6.07, 6.45) is 10.2. The standard InChI is InChI=1S/C24H31N5O/c1-3-28(4-2)24(30)18-10-20-19-6-5-7-21-23(19)17(13-27-21)11-22(20)29(15-18)14-16(12-26)8-9-25/h5-10,12-13,18,22,27H,3-4,11,14-15,25-26H2,1-2H3/b9-8-,16-12+. The number of nitrogens with one attached hydrogen (secondary N) is 1. The van der Waals surface area contributed by atoms with Crippen molar-refractivity contribution in [1.29, 1.82) is 0 Å². The summed E-state index contributed by atoms with van der Waals surface area (Å²) in [5, 5.41) is 1.28. The fraction of sp³-hybridized carbons (Fsp3) is 0.375. The van der Waals surface area contributed by atoms with E-state index in [4.69, 9.17) is 11.5 Å². The molecular weight excluding hydrogens is 374 g/mol. The number of aromatic amines is 1. The van der Waals surface area contributed by atoms with Crippen LogP contribution in [0, 0.1) is 5.92 Å². The van der Waals surface area contributed by atoms with Crippen molar-refractivity contribution in [3.63, 3.8) is 0 Å². The van der Waals surface area contributed by atoms with Gasteiger partial charge in [0.1, 0.15) is 0 Å². The van der Waals surface area contributed by atoms with Crippen LogP contribution in [0.4, 0.5) is 0 Å². The molecule has 2 atom stereocenters. The molecule has 0 saturated carbocycles. The molecule has 158 valence electrons. The quantitative estimate of drug-likeness (QED) is 0.644. The molecule has 0 bridgehead atoms. The number of benzene rings is 1. The second-order valence-electron chi connectivity index (χ2n) is 8.03. The van der Waals surface area contributed by atoms with Gasteiger partial charge in [0, 0.05) is 49.3 Å². The van der Waals surface area contributed by atoms with Crippen LogP contribution in [0.25, 0.3) is 16.5 Å². The topological polar surface area (TPSA) is 91.4 Å². The van der Waals surface area contributed by atoms with Crippen molar-refractivity contribution in [3.8, 4) is 0 Å². The van der Waals surface area contributed by atoms with E-state index < -0.39 is 0 Å². The lowest BCUT2D eigenvalue weighted by Gasteiger charge is -2.42. The lowest BCUT2D eigenvalue weighted by Crippen LogP contribution is -2.49. The van der Waals surface area contributed by atoms with Gasteiger partial charge in [-0.1, -0.05) is 18.2 Å². The van der Waals surface area contributed by atoms with Gasteiger partial charge in [-0.05, 0) is 67.1 Å². The van der Waals surface area contributed by atoms with Crippen LogP contribution in [0.1, 0.15) is 25.0 Å². The fourth-order valence-electron chi connectivity index (χ4n) is 4.94. The Labute approximate surface area is 177 Å². The van der Waals surface area contributed by atoms with E-state index in [0.717, 1.165) is 30.6 Å². The maximum absolute atomic E-state index is 13.3. The average Bonchev–Trinajstić information content (AvgIpc) is 3.18. The van der Waals surface area contributed by atoms with Gasteiger partial charge < -0.3 is 21.4 Å². The number of carbonyl (C=O) groups excluding carboxylic acids is 1. The molecular formula is C24H31N5O.